The Morgan fingerprint density at radius 2 is 1.92 bits per heavy atom. The lowest BCUT2D eigenvalue weighted by atomic mass is 10.0. The van der Waals surface area contributed by atoms with E-state index in [9.17, 15) is 19.8 Å². The van der Waals surface area contributed by atoms with Crippen LogP contribution in [0.2, 0.25) is 5.02 Å². The fourth-order valence-corrected chi connectivity index (χ4v) is 6.27. The minimum absolute atomic E-state index is 0.167. The maximum absolute atomic E-state index is 13.0. The van der Waals surface area contributed by atoms with Gasteiger partial charge in [0.25, 0.3) is 11.8 Å². The zero-order valence-corrected chi connectivity index (χ0v) is 21.3. The van der Waals surface area contributed by atoms with E-state index < -0.39 is 24.0 Å². The van der Waals surface area contributed by atoms with Crippen LogP contribution in [-0.2, 0) is 29.0 Å². The summed E-state index contributed by atoms with van der Waals surface area (Å²) in [4.78, 5) is 33.1. The Bertz CT molecular complexity index is 1240. The third kappa shape index (κ3) is 5.18. The smallest absolute Gasteiger partial charge is 0.255 e. The molecule has 2 amide bonds. The van der Waals surface area contributed by atoms with Crippen LogP contribution in [0.15, 0.2) is 48.5 Å². The number of aliphatic hydroxyl groups excluding tert-OH is 2. The summed E-state index contributed by atoms with van der Waals surface area (Å²) in [6.45, 7) is 0.607. The molecule has 0 saturated carbocycles. The number of amides is 2. The van der Waals surface area contributed by atoms with Crippen molar-refractivity contribution in [2.24, 2.45) is 0 Å². The highest BCUT2D eigenvalue weighted by Crippen LogP contribution is 2.34. The molecule has 5 rings (SSSR count). The normalized spacial score (nSPS) is 18.6. The number of carbonyl (C=O) groups excluding carboxylic acids is 2. The molecule has 0 bridgehead atoms. The lowest BCUT2D eigenvalue weighted by Gasteiger charge is -2.28. The molecule has 2 heterocycles. The van der Waals surface area contributed by atoms with Gasteiger partial charge in [0.1, 0.15) is 5.01 Å². The van der Waals surface area contributed by atoms with Gasteiger partial charge in [-0.2, -0.15) is 0 Å². The number of nitrogens with zero attached hydrogens (tertiary/aromatic N) is 2. The van der Waals surface area contributed by atoms with Crippen LogP contribution in [-0.4, -0.2) is 50.7 Å². The predicted octanol–water partition coefficient (Wildman–Crippen LogP) is 3.65. The van der Waals surface area contributed by atoms with Gasteiger partial charge >= 0.3 is 0 Å². The first-order valence-corrected chi connectivity index (χ1v) is 13.4. The van der Waals surface area contributed by atoms with Crippen molar-refractivity contribution in [3.05, 3.63) is 75.3 Å². The minimum atomic E-state index is -1.87. The number of hydrogen-bond donors (Lipinski definition) is 3. The maximum Gasteiger partial charge on any atom is 0.255 e. The van der Waals surface area contributed by atoms with Crippen LogP contribution >= 0.6 is 22.9 Å². The number of aryl methyl sites for hydroxylation is 2. The third-order valence-corrected chi connectivity index (χ3v) is 8.29. The van der Waals surface area contributed by atoms with Crippen LogP contribution in [0.3, 0.4) is 0 Å². The molecule has 1 unspecified atom stereocenters. The Balaban J connectivity index is 1.16. The molecular weight excluding hydrogens is 498 g/mol. The molecule has 2 aliphatic rings. The number of likely N-dealkylation sites (tertiary alicyclic amines) is 1. The Labute approximate surface area is 218 Å². The van der Waals surface area contributed by atoms with Gasteiger partial charge in [0, 0.05) is 28.6 Å². The summed E-state index contributed by atoms with van der Waals surface area (Å²) in [5.41, 5.74) is 3.95. The van der Waals surface area contributed by atoms with E-state index in [-0.39, 0.29) is 12.6 Å². The van der Waals surface area contributed by atoms with E-state index in [1.165, 1.54) is 21.9 Å². The number of carbonyl (C=O) groups is 2. The first-order valence-electron chi connectivity index (χ1n) is 12.2. The zero-order chi connectivity index (χ0) is 25.2. The molecule has 7 nitrogen and oxygen atoms in total. The number of halogens is 1. The van der Waals surface area contributed by atoms with Gasteiger partial charge < -0.3 is 20.4 Å². The van der Waals surface area contributed by atoms with Gasteiger partial charge in [-0.3, -0.25) is 9.59 Å². The molecular formula is C27H28ClN3O4S. The van der Waals surface area contributed by atoms with Crippen molar-refractivity contribution < 1.29 is 19.8 Å². The van der Waals surface area contributed by atoms with Crippen molar-refractivity contribution in [1.82, 2.24) is 15.2 Å². The van der Waals surface area contributed by atoms with E-state index in [0.717, 1.165) is 47.4 Å². The Hall–Kier alpha value is -2.78. The van der Waals surface area contributed by atoms with Crippen LogP contribution in [0, 0.1) is 0 Å². The van der Waals surface area contributed by atoms with Gasteiger partial charge in [-0.25, -0.2) is 4.98 Å². The molecule has 36 heavy (non-hydrogen) atoms. The quantitative estimate of drug-likeness (QED) is 0.437. The molecule has 0 spiro atoms. The van der Waals surface area contributed by atoms with Crippen LogP contribution in [0.5, 0.6) is 0 Å². The maximum atomic E-state index is 13.0. The number of thiazole rings is 1. The second-order valence-corrected chi connectivity index (χ2v) is 10.8. The highest BCUT2D eigenvalue weighted by Gasteiger charge is 2.38. The standard InChI is InChI=1S/C27H28ClN3O4S/c28-19-5-1-4-18(14-19)21-7-3-13-31(21)27(35)24(33)23(32)25(34)29-15-16-9-11-17(12-10-16)26-30-20-6-2-8-22(20)36-26/h1,4-5,9-12,14,21,23-24,32-33H,2-3,6-8,13,15H2,(H,29,34)/t21?,23-,24-/m1/s1. The highest BCUT2D eigenvalue weighted by atomic mass is 35.5. The zero-order valence-electron chi connectivity index (χ0n) is 19.7. The average Bonchev–Trinajstić information content (AvgIpc) is 3.63. The van der Waals surface area contributed by atoms with Crippen LogP contribution in [0.25, 0.3) is 10.6 Å². The first-order chi connectivity index (χ1) is 17.4. The van der Waals surface area contributed by atoms with E-state index in [0.29, 0.717) is 11.6 Å². The van der Waals surface area contributed by atoms with Crippen molar-refractivity contribution in [2.45, 2.75) is 56.9 Å². The van der Waals surface area contributed by atoms with Gasteiger partial charge in [-0.1, -0.05) is 48.0 Å². The lowest BCUT2D eigenvalue weighted by molar-refractivity contribution is -0.153. The van der Waals surface area contributed by atoms with Crippen molar-refractivity contribution in [3.8, 4) is 10.6 Å². The fraction of sp³-hybridized carbons (Fsp3) is 0.370. The molecule has 1 aliphatic carbocycles. The average molecular weight is 526 g/mol. The summed E-state index contributed by atoms with van der Waals surface area (Å²) < 4.78 is 0. The van der Waals surface area contributed by atoms with Crippen molar-refractivity contribution in [1.29, 1.82) is 0 Å². The van der Waals surface area contributed by atoms with Crippen LogP contribution in [0.1, 0.15) is 47.0 Å². The number of rotatable bonds is 7. The van der Waals surface area contributed by atoms with E-state index in [4.69, 9.17) is 16.6 Å². The molecule has 1 saturated heterocycles. The SMILES string of the molecule is O=C(NCc1ccc(-c2nc3c(s2)CCC3)cc1)[C@H](O)[C@@H](O)C(=O)N1CCCC1c1cccc(Cl)c1. The van der Waals surface area contributed by atoms with Crippen LogP contribution in [0.4, 0.5) is 0 Å². The lowest BCUT2D eigenvalue weighted by Crippen LogP contribution is -2.50. The Morgan fingerprint density at radius 3 is 2.67 bits per heavy atom. The first kappa shape index (κ1) is 24.9. The van der Waals surface area contributed by atoms with Gasteiger partial charge in [0.05, 0.1) is 11.7 Å². The molecule has 1 aromatic heterocycles. The Morgan fingerprint density at radius 1 is 1.11 bits per heavy atom. The minimum Gasteiger partial charge on any atom is -0.380 e. The molecule has 9 heteroatoms. The van der Waals surface area contributed by atoms with E-state index in [1.807, 2.05) is 36.4 Å². The van der Waals surface area contributed by atoms with Gasteiger partial charge in [-0.15, -0.1) is 11.3 Å². The summed E-state index contributed by atoms with van der Waals surface area (Å²) in [5, 5.41) is 25.1. The number of fused-ring (bicyclic) bond motifs is 1. The van der Waals surface area contributed by atoms with Crippen LogP contribution < -0.4 is 5.32 Å². The number of aromatic nitrogens is 1. The molecule has 3 aromatic rings. The fourth-order valence-electron chi connectivity index (χ4n) is 4.91. The number of aliphatic hydroxyl groups is 2. The Kier molecular flexibility index (Phi) is 7.39. The molecule has 3 atom stereocenters. The summed E-state index contributed by atoms with van der Waals surface area (Å²) in [5.74, 6) is -1.46. The molecule has 2 aromatic carbocycles. The molecule has 1 aliphatic heterocycles. The second-order valence-electron chi connectivity index (χ2n) is 9.29. The molecule has 1 fully saturated rings. The summed E-state index contributed by atoms with van der Waals surface area (Å²) >= 11 is 7.83. The summed E-state index contributed by atoms with van der Waals surface area (Å²) in [6.07, 6.45) is 1.10. The number of hydrogen-bond acceptors (Lipinski definition) is 6. The monoisotopic (exact) mass is 525 g/mol. The second kappa shape index (κ2) is 10.7. The van der Waals surface area contributed by atoms with E-state index in [2.05, 4.69) is 5.32 Å². The summed E-state index contributed by atoms with van der Waals surface area (Å²) in [6, 6.07) is 14.7. The summed E-state index contributed by atoms with van der Waals surface area (Å²) in [7, 11) is 0. The number of benzene rings is 2. The van der Waals surface area contributed by atoms with Crippen molar-refractivity contribution in [3.63, 3.8) is 0 Å². The topological polar surface area (TPSA) is 103 Å². The van der Waals surface area contributed by atoms with Crippen molar-refractivity contribution in [2.75, 3.05) is 6.54 Å². The van der Waals surface area contributed by atoms with Gasteiger partial charge in [0.15, 0.2) is 12.2 Å². The molecule has 0 radical (unpaired) electrons. The third-order valence-electron chi connectivity index (χ3n) is 6.85. The van der Waals surface area contributed by atoms with Crippen molar-refractivity contribution >= 4 is 34.8 Å². The highest BCUT2D eigenvalue weighted by molar-refractivity contribution is 7.15. The predicted molar refractivity (Wildman–Crippen MR) is 139 cm³/mol. The van der Waals surface area contributed by atoms with Gasteiger partial charge in [-0.05, 0) is 55.4 Å². The molecule has 3 N–H and O–H groups in total. The molecule has 188 valence electrons. The largest absolute Gasteiger partial charge is 0.380 e. The number of nitrogens with one attached hydrogen (secondary N) is 1. The van der Waals surface area contributed by atoms with E-state index >= 15 is 0 Å². The van der Waals surface area contributed by atoms with Gasteiger partial charge in [0.2, 0.25) is 0 Å². The van der Waals surface area contributed by atoms with E-state index in [1.54, 1.807) is 23.5 Å².